The van der Waals surface area contributed by atoms with Crippen LogP contribution in [0, 0.1) is 13.8 Å². The Bertz CT molecular complexity index is 663. The second-order valence-electron chi connectivity index (χ2n) is 4.56. The van der Waals surface area contributed by atoms with Crippen molar-refractivity contribution in [1.82, 2.24) is 14.7 Å². The molecule has 0 saturated heterocycles. The fraction of sp³-hybridized carbons (Fsp3) is 0.308. The average molecular weight is 279 g/mol. The van der Waals surface area contributed by atoms with E-state index in [4.69, 9.17) is 0 Å². The molecular formula is C13H17N3O2S. The van der Waals surface area contributed by atoms with E-state index in [0.717, 1.165) is 11.1 Å². The van der Waals surface area contributed by atoms with Crippen LogP contribution >= 0.6 is 0 Å². The van der Waals surface area contributed by atoms with Crippen LogP contribution in [-0.4, -0.2) is 18.4 Å². The average Bonchev–Trinajstić information content (AvgIpc) is 2.85. The SMILES string of the molecule is Cc1ccc(S(=O)(=O)NC(C)c2ncc[nH]2)cc1C. The number of H-pyrrole nitrogens is 1. The predicted octanol–water partition coefficient (Wildman–Crippen LogP) is 2.07. The van der Waals surface area contributed by atoms with Crippen LogP contribution in [0.3, 0.4) is 0 Å². The van der Waals surface area contributed by atoms with Gasteiger partial charge < -0.3 is 4.98 Å². The van der Waals surface area contributed by atoms with E-state index in [2.05, 4.69) is 14.7 Å². The first-order valence-corrected chi connectivity index (χ1v) is 7.47. The summed E-state index contributed by atoms with van der Waals surface area (Å²) in [5, 5.41) is 0. The summed E-state index contributed by atoms with van der Waals surface area (Å²) in [5.41, 5.74) is 2.02. The molecule has 2 aromatic rings. The number of rotatable bonds is 4. The van der Waals surface area contributed by atoms with E-state index < -0.39 is 16.1 Å². The molecule has 0 aliphatic heterocycles. The summed E-state index contributed by atoms with van der Waals surface area (Å²) in [7, 11) is -3.53. The molecule has 102 valence electrons. The number of benzene rings is 1. The summed E-state index contributed by atoms with van der Waals surface area (Å²) in [6.45, 7) is 5.59. The van der Waals surface area contributed by atoms with E-state index in [0.29, 0.717) is 5.82 Å². The van der Waals surface area contributed by atoms with Gasteiger partial charge in [-0.15, -0.1) is 0 Å². The Balaban J connectivity index is 2.25. The third-order valence-electron chi connectivity index (χ3n) is 3.05. The summed E-state index contributed by atoms with van der Waals surface area (Å²) in [4.78, 5) is 7.21. The van der Waals surface area contributed by atoms with Crippen molar-refractivity contribution in [2.75, 3.05) is 0 Å². The van der Waals surface area contributed by atoms with E-state index >= 15 is 0 Å². The van der Waals surface area contributed by atoms with Crippen molar-refractivity contribution in [2.45, 2.75) is 31.7 Å². The number of imidazole rings is 1. The maximum Gasteiger partial charge on any atom is 0.241 e. The zero-order valence-corrected chi connectivity index (χ0v) is 12.0. The fourth-order valence-electron chi connectivity index (χ4n) is 1.75. The molecule has 2 N–H and O–H groups in total. The first-order chi connectivity index (χ1) is 8.90. The minimum atomic E-state index is -3.53. The minimum absolute atomic E-state index is 0.272. The number of hydrogen-bond acceptors (Lipinski definition) is 3. The highest BCUT2D eigenvalue weighted by Gasteiger charge is 2.19. The maximum atomic E-state index is 12.2. The van der Waals surface area contributed by atoms with E-state index in [1.54, 1.807) is 37.5 Å². The van der Waals surface area contributed by atoms with Crippen molar-refractivity contribution in [1.29, 1.82) is 0 Å². The Kier molecular flexibility index (Phi) is 3.73. The Hall–Kier alpha value is -1.66. The first-order valence-electron chi connectivity index (χ1n) is 5.99. The summed E-state index contributed by atoms with van der Waals surface area (Å²) in [6, 6.07) is 4.69. The summed E-state index contributed by atoms with van der Waals surface area (Å²) >= 11 is 0. The van der Waals surface area contributed by atoms with Crippen molar-refractivity contribution in [2.24, 2.45) is 0 Å². The van der Waals surface area contributed by atoms with Crippen LogP contribution in [0.5, 0.6) is 0 Å². The lowest BCUT2D eigenvalue weighted by Crippen LogP contribution is -2.27. The van der Waals surface area contributed by atoms with Gasteiger partial charge in [-0.2, -0.15) is 0 Å². The van der Waals surface area contributed by atoms with Gasteiger partial charge in [0.05, 0.1) is 10.9 Å². The Morgan fingerprint density at radius 3 is 2.58 bits per heavy atom. The smallest absolute Gasteiger partial charge is 0.241 e. The third kappa shape index (κ3) is 3.02. The zero-order valence-electron chi connectivity index (χ0n) is 11.1. The highest BCUT2D eigenvalue weighted by Crippen LogP contribution is 2.17. The molecule has 1 aromatic carbocycles. The molecule has 1 atom stereocenters. The van der Waals surface area contributed by atoms with Gasteiger partial charge >= 0.3 is 0 Å². The van der Waals surface area contributed by atoms with Crippen LogP contribution in [-0.2, 0) is 10.0 Å². The second-order valence-corrected chi connectivity index (χ2v) is 6.28. The molecule has 2 rings (SSSR count). The van der Waals surface area contributed by atoms with Crippen molar-refractivity contribution in [3.05, 3.63) is 47.5 Å². The first kappa shape index (κ1) is 13.8. The highest BCUT2D eigenvalue weighted by atomic mass is 32.2. The molecule has 0 fully saturated rings. The van der Waals surface area contributed by atoms with Gasteiger partial charge in [0.2, 0.25) is 10.0 Å². The molecule has 1 unspecified atom stereocenters. The number of aryl methyl sites for hydroxylation is 2. The zero-order chi connectivity index (χ0) is 14.0. The molecule has 0 bridgehead atoms. The molecular weight excluding hydrogens is 262 g/mol. The molecule has 0 radical (unpaired) electrons. The molecule has 5 nitrogen and oxygen atoms in total. The van der Waals surface area contributed by atoms with Gasteiger partial charge in [-0.3, -0.25) is 0 Å². The van der Waals surface area contributed by atoms with E-state index in [-0.39, 0.29) is 4.90 Å². The number of aromatic nitrogens is 2. The van der Waals surface area contributed by atoms with Crippen LogP contribution in [0.4, 0.5) is 0 Å². The van der Waals surface area contributed by atoms with E-state index in [9.17, 15) is 8.42 Å². The lowest BCUT2D eigenvalue weighted by atomic mass is 10.1. The summed E-state index contributed by atoms with van der Waals surface area (Å²) in [5.74, 6) is 0.590. The van der Waals surface area contributed by atoms with Crippen molar-refractivity contribution in [3.63, 3.8) is 0 Å². The van der Waals surface area contributed by atoms with Gasteiger partial charge in [-0.1, -0.05) is 6.07 Å². The van der Waals surface area contributed by atoms with Gasteiger partial charge in [0.15, 0.2) is 0 Å². The number of nitrogens with zero attached hydrogens (tertiary/aromatic N) is 1. The van der Waals surface area contributed by atoms with E-state index in [1.165, 1.54) is 0 Å². The van der Waals surface area contributed by atoms with Gasteiger partial charge in [0.25, 0.3) is 0 Å². The molecule has 1 aromatic heterocycles. The molecule has 0 saturated carbocycles. The van der Waals surface area contributed by atoms with Crippen molar-refractivity contribution < 1.29 is 8.42 Å². The third-order valence-corrected chi connectivity index (χ3v) is 4.59. The molecule has 19 heavy (non-hydrogen) atoms. The van der Waals surface area contributed by atoms with Crippen LogP contribution in [0.2, 0.25) is 0 Å². The number of hydrogen-bond donors (Lipinski definition) is 2. The van der Waals surface area contributed by atoms with Gasteiger partial charge in [-0.05, 0) is 44.0 Å². The monoisotopic (exact) mass is 279 g/mol. The summed E-state index contributed by atoms with van der Waals surface area (Å²) < 4.78 is 27.1. The standard InChI is InChI=1S/C13H17N3O2S/c1-9-4-5-12(8-10(9)2)19(17,18)16-11(3)13-14-6-7-15-13/h4-8,11,16H,1-3H3,(H,14,15). The molecule has 0 aliphatic rings. The van der Waals surface area contributed by atoms with E-state index in [1.807, 2.05) is 13.8 Å². The fourth-order valence-corrected chi connectivity index (χ4v) is 3.04. The molecule has 0 amide bonds. The largest absolute Gasteiger partial charge is 0.347 e. The second kappa shape index (κ2) is 5.14. The number of sulfonamides is 1. The van der Waals surface area contributed by atoms with Crippen LogP contribution in [0.15, 0.2) is 35.5 Å². The van der Waals surface area contributed by atoms with Crippen molar-refractivity contribution >= 4 is 10.0 Å². The molecule has 6 heteroatoms. The minimum Gasteiger partial charge on any atom is -0.347 e. The Morgan fingerprint density at radius 1 is 1.26 bits per heavy atom. The molecule has 0 aliphatic carbocycles. The number of aromatic amines is 1. The Labute approximate surface area is 113 Å². The van der Waals surface area contributed by atoms with Gasteiger partial charge in [0.1, 0.15) is 5.82 Å². The highest BCUT2D eigenvalue weighted by molar-refractivity contribution is 7.89. The van der Waals surface area contributed by atoms with Crippen LogP contribution in [0.1, 0.15) is 29.9 Å². The van der Waals surface area contributed by atoms with Crippen LogP contribution < -0.4 is 4.72 Å². The maximum absolute atomic E-state index is 12.2. The van der Waals surface area contributed by atoms with Crippen LogP contribution in [0.25, 0.3) is 0 Å². The lowest BCUT2D eigenvalue weighted by Gasteiger charge is -2.13. The number of nitrogens with one attached hydrogen (secondary N) is 2. The van der Waals surface area contributed by atoms with Gasteiger partial charge in [0, 0.05) is 12.4 Å². The molecule has 1 heterocycles. The predicted molar refractivity (Wildman–Crippen MR) is 73.2 cm³/mol. The normalized spacial score (nSPS) is 13.4. The quantitative estimate of drug-likeness (QED) is 0.899. The molecule has 0 spiro atoms. The Morgan fingerprint density at radius 2 is 2.00 bits per heavy atom. The topological polar surface area (TPSA) is 74.8 Å². The van der Waals surface area contributed by atoms with Gasteiger partial charge in [-0.25, -0.2) is 18.1 Å². The van der Waals surface area contributed by atoms with Crippen molar-refractivity contribution in [3.8, 4) is 0 Å². The lowest BCUT2D eigenvalue weighted by molar-refractivity contribution is 0.561. The summed E-state index contributed by atoms with van der Waals surface area (Å²) in [6.07, 6.45) is 3.26.